The summed E-state index contributed by atoms with van der Waals surface area (Å²) in [6, 6.07) is 1.24. The molecule has 0 aromatic carbocycles. The SMILES string of the molecule is CCN(C(=O)Nc1cc(C)n(C)n1)C1CCS(=O)(=O)C1. The zero-order valence-corrected chi connectivity index (χ0v) is 12.8. The number of hydrogen-bond donors (Lipinski definition) is 1. The van der Waals surface area contributed by atoms with E-state index in [9.17, 15) is 13.2 Å². The van der Waals surface area contributed by atoms with E-state index in [1.807, 2.05) is 13.8 Å². The normalized spacial score (nSPS) is 20.9. The van der Waals surface area contributed by atoms with Crippen LogP contribution in [0.25, 0.3) is 0 Å². The van der Waals surface area contributed by atoms with E-state index in [-0.39, 0.29) is 23.6 Å². The molecule has 0 aliphatic carbocycles. The monoisotopic (exact) mass is 300 g/mol. The maximum absolute atomic E-state index is 12.2. The van der Waals surface area contributed by atoms with E-state index in [2.05, 4.69) is 10.4 Å². The molecule has 1 atom stereocenters. The lowest BCUT2D eigenvalue weighted by Crippen LogP contribution is -2.43. The highest BCUT2D eigenvalue weighted by molar-refractivity contribution is 7.91. The number of hydrogen-bond acceptors (Lipinski definition) is 4. The Morgan fingerprint density at radius 3 is 2.75 bits per heavy atom. The van der Waals surface area contributed by atoms with E-state index in [0.717, 1.165) is 5.69 Å². The molecule has 2 heterocycles. The number of rotatable bonds is 3. The third kappa shape index (κ3) is 3.12. The van der Waals surface area contributed by atoms with Crippen molar-refractivity contribution in [3.8, 4) is 0 Å². The Bertz CT molecular complexity index is 589. The van der Waals surface area contributed by atoms with Crippen molar-refractivity contribution in [1.29, 1.82) is 0 Å². The molecule has 1 N–H and O–H groups in total. The van der Waals surface area contributed by atoms with Crippen LogP contribution in [0.4, 0.5) is 10.6 Å². The van der Waals surface area contributed by atoms with Crippen molar-refractivity contribution in [1.82, 2.24) is 14.7 Å². The van der Waals surface area contributed by atoms with Crippen LogP contribution in [0.5, 0.6) is 0 Å². The van der Waals surface area contributed by atoms with Crippen molar-refractivity contribution in [3.63, 3.8) is 0 Å². The summed E-state index contributed by atoms with van der Waals surface area (Å²) in [6.07, 6.45) is 0.505. The van der Waals surface area contributed by atoms with E-state index in [1.54, 1.807) is 22.7 Å². The molecule has 7 nitrogen and oxygen atoms in total. The summed E-state index contributed by atoms with van der Waals surface area (Å²) in [6.45, 7) is 4.20. The summed E-state index contributed by atoms with van der Waals surface area (Å²) in [5.74, 6) is 0.689. The van der Waals surface area contributed by atoms with Gasteiger partial charge in [-0.25, -0.2) is 13.2 Å². The lowest BCUT2D eigenvalue weighted by molar-refractivity contribution is 0.197. The Balaban J connectivity index is 2.06. The molecule has 2 amide bonds. The fraction of sp³-hybridized carbons (Fsp3) is 0.667. The number of carbonyl (C=O) groups is 1. The highest BCUT2D eigenvalue weighted by atomic mass is 32.2. The zero-order valence-electron chi connectivity index (χ0n) is 12.0. The smallest absolute Gasteiger partial charge is 0.321 e. The first kappa shape index (κ1) is 14.8. The minimum atomic E-state index is -3.00. The molecule has 8 heteroatoms. The Labute approximate surface area is 118 Å². The fourth-order valence-electron chi connectivity index (χ4n) is 2.39. The highest BCUT2D eigenvalue weighted by Gasteiger charge is 2.34. The van der Waals surface area contributed by atoms with Crippen LogP contribution in [-0.2, 0) is 16.9 Å². The lowest BCUT2D eigenvalue weighted by atomic mass is 10.2. The summed E-state index contributed by atoms with van der Waals surface area (Å²) >= 11 is 0. The van der Waals surface area contributed by atoms with E-state index in [4.69, 9.17) is 0 Å². The predicted octanol–water partition coefficient (Wildman–Crippen LogP) is 0.769. The second-order valence-electron chi connectivity index (χ2n) is 5.07. The first-order valence-corrected chi connectivity index (χ1v) is 8.43. The van der Waals surface area contributed by atoms with Gasteiger partial charge in [-0.3, -0.25) is 10.00 Å². The summed E-state index contributed by atoms with van der Waals surface area (Å²) in [5, 5.41) is 6.88. The van der Waals surface area contributed by atoms with Gasteiger partial charge < -0.3 is 4.90 Å². The number of nitrogens with zero attached hydrogens (tertiary/aromatic N) is 3. The predicted molar refractivity (Wildman–Crippen MR) is 76.4 cm³/mol. The maximum Gasteiger partial charge on any atom is 0.323 e. The van der Waals surface area contributed by atoms with Crippen molar-refractivity contribution in [2.24, 2.45) is 7.05 Å². The molecule has 1 aromatic rings. The number of nitrogens with one attached hydrogen (secondary N) is 1. The van der Waals surface area contributed by atoms with Gasteiger partial charge in [0.2, 0.25) is 0 Å². The van der Waals surface area contributed by atoms with E-state index in [1.165, 1.54) is 0 Å². The van der Waals surface area contributed by atoms with Gasteiger partial charge >= 0.3 is 6.03 Å². The second-order valence-corrected chi connectivity index (χ2v) is 7.30. The molecule has 1 fully saturated rings. The van der Waals surface area contributed by atoms with Crippen LogP contribution >= 0.6 is 0 Å². The minimum Gasteiger partial charge on any atom is -0.321 e. The molecule has 1 saturated heterocycles. The quantitative estimate of drug-likeness (QED) is 0.893. The Hall–Kier alpha value is -1.57. The number of carbonyl (C=O) groups excluding carboxylic acids is 1. The molecule has 1 aromatic heterocycles. The first-order chi connectivity index (χ1) is 9.32. The van der Waals surface area contributed by atoms with Gasteiger partial charge in [0.05, 0.1) is 11.5 Å². The average molecular weight is 300 g/mol. The zero-order chi connectivity index (χ0) is 14.9. The van der Waals surface area contributed by atoms with Crippen LogP contribution in [0, 0.1) is 6.92 Å². The van der Waals surface area contributed by atoms with Gasteiger partial charge in [-0.1, -0.05) is 0 Å². The van der Waals surface area contributed by atoms with Crippen molar-refractivity contribution in [2.75, 3.05) is 23.4 Å². The topological polar surface area (TPSA) is 84.3 Å². The summed E-state index contributed by atoms with van der Waals surface area (Å²) in [7, 11) is -1.20. The molecule has 2 rings (SSSR count). The Kier molecular flexibility index (Phi) is 4.03. The van der Waals surface area contributed by atoms with E-state index in [0.29, 0.717) is 18.8 Å². The van der Waals surface area contributed by atoms with E-state index < -0.39 is 9.84 Å². The van der Waals surface area contributed by atoms with Crippen molar-refractivity contribution < 1.29 is 13.2 Å². The molecular weight excluding hydrogens is 280 g/mol. The number of urea groups is 1. The summed E-state index contributed by atoms with van der Waals surface area (Å²) in [5.41, 5.74) is 0.937. The Morgan fingerprint density at radius 2 is 2.30 bits per heavy atom. The largest absolute Gasteiger partial charge is 0.323 e. The molecule has 0 spiro atoms. The van der Waals surface area contributed by atoms with Gasteiger partial charge in [0, 0.05) is 31.4 Å². The molecule has 1 unspecified atom stereocenters. The van der Waals surface area contributed by atoms with Crippen LogP contribution in [0.2, 0.25) is 0 Å². The van der Waals surface area contributed by atoms with Crippen molar-refractivity contribution >= 4 is 21.7 Å². The van der Waals surface area contributed by atoms with Crippen LogP contribution in [0.3, 0.4) is 0 Å². The fourth-order valence-corrected chi connectivity index (χ4v) is 4.12. The minimum absolute atomic E-state index is 0.0511. The Morgan fingerprint density at radius 1 is 1.60 bits per heavy atom. The summed E-state index contributed by atoms with van der Waals surface area (Å²) < 4.78 is 24.7. The summed E-state index contributed by atoms with van der Waals surface area (Å²) in [4.78, 5) is 13.8. The van der Waals surface area contributed by atoms with Crippen molar-refractivity contribution in [3.05, 3.63) is 11.8 Å². The third-order valence-corrected chi connectivity index (χ3v) is 5.35. The third-order valence-electron chi connectivity index (χ3n) is 3.60. The number of aromatic nitrogens is 2. The number of amides is 2. The van der Waals surface area contributed by atoms with Crippen LogP contribution in [-0.4, -0.2) is 53.2 Å². The van der Waals surface area contributed by atoms with Gasteiger partial charge in [0.15, 0.2) is 15.7 Å². The van der Waals surface area contributed by atoms with Crippen LogP contribution in [0.15, 0.2) is 6.07 Å². The first-order valence-electron chi connectivity index (χ1n) is 6.61. The van der Waals surface area contributed by atoms with Gasteiger partial charge in [0.1, 0.15) is 0 Å². The lowest BCUT2D eigenvalue weighted by Gasteiger charge is -2.26. The molecule has 112 valence electrons. The van der Waals surface area contributed by atoms with Gasteiger partial charge in [0.25, 0.3) is 0 Å². The molecule has 1 aliphatic rings. The average Bonchev–Trinajstić information content (AvgIpc) is 2.84. The standard InChI is InChI=1S/C12H20N4O3S/c1-4-16(10-5-6-20(18,19)8-10)12(17)13-11-7-9(2)15(3)14-11/h7,10H,4-6,8H2,1-3H3,(H,13,14,17). The number of aryl methyl sites for hydroxylation is 2. The molecular formula is C12H20N4O3S. The van der Waals surface area contributed by atoms with Crippen LogP contribution < -0.4 is 5.32 Å². The number of anilines is 1. The molecule has 0 saturated carbocycles. The van der Waals surface area contributed by atoms with Crippen molar-refractivity contribution in [2.45, 2.75) is 26.3 Å². The maximum atomic E-state index is 12.2. The van der Waals surface area contributed by atoms with Gasteiger partial charge in [-0.05, 0) is 20.3 Å². The van der Waals surface area contributed by atoms with Gasteiger partial charge in [-0.15, -0.1) is 0 Å². The second kappa shape index (κ2) is 5.43. The molecule has 20 heavy (non-hydrogen) atoms. The molecule has 0 radical (unpaired) electrons. The van der Waals surface area contributed by atoms with Crippen LogP contribution in [0.1, 0.15) is 19.0 Å². The highest BCUT2D eigenvalue weighted by Crippen LogP contribution is 2.18. The number of sulfone groups is 1. The molecule has 1 aliphatic heterocycles. The molecule has 0 bridgehead atoms. The van der Waals surface area contributed by atoms with Gasteiger partial charge in [-0.2, -0.15) is 5.10 Å². The van der Waals surface area contributed by atoms with E-state index >= 15 is 0 Å².